The molecule has 0 radical (unpaired) electrons. The number of nitriles is 1. The summed E-state index contributed by atoms with van der Waals surface area (Å²) in [5.41, 5.74) is 0.168. The van der Waals surface area contributed by atoms with E-state index in [-0.39, 0.29) is 12.1 Å². The van der Waals surface area contributed by atoms with Crippen molar-refractivity contribution in [2.75, 3.05) is 18.0 Å². The summed E-state index contributed by atoms with van der Waals surface area (Å²) in [5.74, 6) is -0.117. The lowest BCUT2D eigenvalue weighted by molar-refractivity contribution is 0.606. The van der Waals surface area contributed by atoms with Gasteiger partial charge in [-0.25, -0.2) is 9.18 Å². The Kier molecular flexibility index (Phi) is 4.71. The first-order valence-corrected chi connectivity index (χ1v) is 8.21. The Hall–Kier alpha value is -3.21. The molecule has 1 fully saturated rings. The van der Waals surface area contributed by atoms with Crippen molar-refractivity contribution in [3.63, 3.8) is 0 Å². The molecule has 1 N–H and O–H groups in total. The fourth-order valence-corrected chi connectivity index (χ4v) is 3.11. The fourth-order valence-electron chi connectivity index (χ4n) is 3.11. The van der Waals surface area contributed by atoms with Crippen molar-refractivity contribution in [2.45, 2.75) is 19.4 Å². The number of hydrogen-bond donors (Lipinski definition) is 1. The third-order valence-electron chi connectivity index (χ3n) is 4.51. The van der Waals surface area contributed by atoms with Crippen LogP contribution in [0.15, 0.2) is 33.9 Å². The molecule has 0 atom stereocenters. The van der Waals surface area contributed by atoms with Gasteiger partial charge in [-0.3, -0.25) is 13.9 Å². The largest absolute Gasteiger partial charge is 0.352 e. The maximum atomic E-state index is 13.6. The maximum absolute atomic E-state index is 13.6. The molecule has 0 saturated carbocycles. The van der Waals surface area contributed by atoms with Crippen LogP contribution in [0.1, 0.15) is 24.0 Å². The van der Waals surface area contributed by atoms with Crippen molar-refractivity contribution in [2.24, 2.45) is 7.05 Å². The minimum Gasteiger partial charge on any atom is -0.352 e. The first-order valence-electron chi connectivity index (χ1n) is 8.21. The van der Waals surface area contributed by atoms with E-state index in [4.69, 9.17) is 5.41 Å². The Morgan fingerprint density at radius 2 is 2.08 bits per heavy atom. The lowest BCUT2D eigenvalue weighted by atomic mass is 10.1. The van der Waals surface area contributed by atoms with Crippen molar-refractivity contribution in [1.29, 1.82) is 10.7 Å². The van der Waals surface area contributed by atoms with E-state index in [1.165, 1.54) is 35.9 Å². The van der Waals surface area contributed by atoms with E-state index in [2.05, 4.69) is 0 Å². The normalized spacial score (nSPS) is 14.3. The summed E-state index contributed by atoms with van der Waals surface area (Å²) >= 11 is 0. The number of anilines is 1. The third-order valence-corrected chi connectivity index (χ3v) is 4.51. The van der Waals surface area contributed by atoms with Gasteiger partial charge in [0.05, 0.1) is 24.7 Å². The molecule has 2 heterocycles. The molecule has 134 valence electrons. The van der Waals surface area contributed by atoms with E-state index in [0.717, 1.165) is 11.0 Å². The number of halogens is 1. The molecule has 2 aromatic rings. The lowest BCUT2D eigenvalue weighted by Gasteiger charge is -2.31. The summed E-state index contributed by atoms with van der Waals surface area (Å²) in [5, 5.41) is 17.2. The summed E-state index contributed by atoms with van der Waals surface area (Å²) in [7, 11) is 1.37. The summed E-state index contributed by atoms with van der Waals surface area (Å²) in [6, 6.07) is 7.13. The number of benzene rings is 1. The van der Waals surface area contributed by atoms with E-state index in [9.17, 15) is 19.2 Å². The van der Waals surface area contributed by atoms with Gasteiger partial charge in [0.2, 0.25) is 0 Å². The van der Waals surface area contributed by atoms with E-state index < -0.39 is 17.1 Å². The van der Waals surface area contributed by atoms with Crippen molar-refractivity contribution in [3.05, 3.63) is 62.0 Å². The molecular weight excluding hydrogens is 337 g/mol. The number of nitrogens with zero attached hydrogens (tertiary/aromatic N) is 4. The molecular formula is C18H18FN5O2. The van der Waals surface area contributed by atoms with Crippen molar-refractivity contribution in [1.82, 2.24) is 9.13 Å². The van der Waals surface area contributed by atoms with Gasteiger partial charge in [0.15, 0.2) is 0 Å². The van der Waals surface area contributed by atoms with Crippen LogP contribution in [-0.4, -0.2) is 27.9 Å². The molecule has 8 heteroatoms. The standard InChI is InChI=1S/C18H18FN5O2/c1-22-17(25)8-16(23-6-2-3-15(21)11-23)24(18(22)26)10-13-7-14(19)5-4-12(13)9-20/h4-5,7-8,21H,2-3,6,10-11H2,1H3. The average Bonchev–Trinajstić information content (AvgIpc) is 2.62. The smallest absolute Gasteiger partial charge is 0.332 e. The van der Waals surface area contributed by atoms with Crippen molar-refractivity contribution in [3.8, 4) is 6.07 Å². The second-order valence-electron chi connectivity index (χ2n) is 6.31. The van der Waals surface area contributed by atoms with Crippen LogP contribution in [0.4, 0.5) is 10.2 Å². The van der Waals surface area contributed by atoms with Gasteiger partial charge in [-0.1, -0.05) is 0 Å². The number of hydrogen-bond acceptors (Lipinski definition) is 5. The molecule has 7 nitrogen and oxygen atoms in total. The highest BCUT2D eigenvalue weighted by molar-refractivity contribution is 5.86. The predicted octanol–water partition coefficient (Wildman–Crippen LogP) is 1.23. The number of aromatic nitrogens is 2. The first kappa shape index (κ1) is 17.6. The molecule has 0 unspecified atom stereocenters. The number of piperidine rings is 1. The van der Waals surface area contributed by atoms with Crippen LogP contribution >= 0.6 is 0 Å². The molecule has 1 aromatic carbocycles. The highest BCUT2D eigenvalue weighted by Crippen LogP contribution is 2.19. The zero-order valence-electron chi connectivity index (χ0n) is 14.3. The zero-order valence-corrected chi connectivity index (χ0v) is 14.3. The van der Waals surface area contributed by atoms with Gasteiger partial charge in [0.1, 0.15) is 11.6 Å². The van der Waals surface area contributed by atoms with Gasteiger partial charge < -0.3 is 10.3 Å². The molecule has 0 aliphatic carbocycles. The minimum atomic E-state index is -0.544. The molecule has 1 saturated heterocycles. The van der Waals surface area contributed by atoms with Gasteiger partial charge in [-0.15, -0.1) is 0 Å². The van der Waals surface area contributed by atoms with Gasteiger partial charge in [0, 0.05) is 25.4 Å². The predicted molar refractivity (Wildman–Crippen MR) is 95.3 cm³/mol. The molecule has 1 aliphatic heterocycles. The zero-order chi connectivity index (χ0) is 18.8. The van der Waals surface area contributed by atoms with Gasteiger partial charge in [-0.2, -0.15) is 5.26 Å². The Balaban J connectivity index is 2.14. The molecule has 26 heavy (non-hydrogen) atoms. The molecule has 3 rings (SSSR count). The van der Waals surface area contributed by atoms with E-state index in [1.54, 1.807) is 4.90 Å². The lowest BCUT2D eigenvalue weighted by Crippen LogP contribution is -2.44. The van der Waals surface area contributed by atoms with E-state index in [0.29, 0.717) is 36.6 Å². The molecule has 0 amide bonds. The number of rotatable bonds is 3. The molecule has 1 aromatic heterocycles. The number of nitrogens with one attached hydrogen (secondary N) is 1. The van der Waals surface area contributed by atoms with Crippen LogP contribution in [0.3, 0.4) is 0 Å². The Morgan fingerprint density at radius 1 is 1.31 bits per heavy atom. The monoisotopic (exact) mass is 355 g/mol. The maximum Gasteiger partial charge on any atom is 0.332 e. The van der Waals surface area contributed by atoms with Crippen molar-refractivity contribution < 1.29 is 4.39 Å². The molecule has 1 aliphatic rings. The SMILES string of the molecule is Cn1c(=O)cc(N2CCCC(=N)C2)n(Cc2cc(F)ccc2C#N)c1=O. The van der Waals surface area contributed by atoms with E-state index in [1.807, 2.05) is 6.07 Å². The summed E-state index contributed by atoms with van der Waals surface area (Å²) in [6.45, 7) is 0.914. The van der Waals surface area contributed by atoms with Crippen LogP contribution in [0.5, 0.6) is 0 Å². The van der Waals surface area contributed by atoms with E-state index >= 15 is 0 Å². The first-order chi connectivity index (χ1) is 12.4. The minimum absolute atomic E-state index is 0.0349. The Labute approximate surface area is 149 Å². The van der Waals surface area contributed by atoms with Crippen LogP contribution in [-0.2, 0) is 13.6 Å². The third kappa shape index (κ3) is 3.28. The fraction of sp³-hybridized carbons (Fsp3) is 0.333. The van der Waals surface area contributed by atoms with Crippen LogP contribution < -0.4 is 16.1 Å². The van der Waals surface area contributed by atoms with Crippen LogP contribution in [0.25, 0.3) is 0 Å². The summed E-state index contributed by atoms with van der Waals surface area (Å²) in [4.78, 5) is 26.6. The Bertz CT molecular complexity index is 1030. The topological polar surface area (TPSA) is 94.9 Å². The Morgan fingerprint density at radius 3 is 2.77 bits per heavy atom. The average molecular weight is 355 g/mol. The van der Waals surface area contributed by atoms with Crippen molar-refractivity contribution >= 4 is 11.5 Å². The van der Waals surface area contributed by atoms with Crippen LogP contribution in [0.2, 0.25) is 0 Å². The molecule has 0 bridgehead atoms. The molecule has 0 spiro atoms. The highest BCUT2D eigenvalue weighted by atomic mass is 19.1. The van der Waals surface area contributed by atoms with Gasteiger partial charge in [-0.05, 0) is 36.6 Å². The summed E-state index contributed by atoms with van der Waals surface area (Å²) in [6.07, 6.45) is 1.44. The van der Waals surface area contributed by atoms with Gasteiger partial charge >= 0.3 is 5.69 Å². The quantitative estimate of drug-likeness (QED) is 0.896. The highest BCUT2D eigenvalue weighted by Gasteiger charge is 2.21. The van der Waals surface area contributed by atoms with Crippen LogP contribution in [0, 0.1) is 22.6 Å². The summed E-state index contributed by atoms with van der Waals surface area (Å²) < 4.78 is 16.0. The second-order valence-corrected chi connectivity index (χ2v) is 6.31. The second kappa shape index (κ2) is 6.96. The van der Waals surface area contributed by atoms with Gasteiger partial charge in [0.25, 0.3) is 5.56 Å².